The van der Waals surface area contributed by atoms with E-state index in [-0.39, 0.29) is 5.75 Å². The fourth-order valence-electron chi connectivity index (χ4n) is 2.67. The molecule has 6 atom stereocenters. The van der Waals surface area contributed by atoms with E-state index in [2.05, 4.69) is 17.9 Å². The van der Waals surface area contributed by atoms with Crippen molar-refractivity contribution in [3.63, 3.8) is 0 Å². The summed E-state index contributed by atoms with van der Waals surface area (Å²) in [4.78, 5) is 58.5. The van der Waals surface area contributed by atoms with Crippen molar-refractivity contribution < 1.29 is 47.7 Å². The second-order valence-electron chi connectivity index (χ2n) is 6.43. The van der Waals surface area contributed by atoms with Gasteiger partial charge in [0.2, 0.25) is 12.2 Å². The summed E-state index contributed by atoms with van der Waals surface area (Å²) in [5, 5.41) is 2.48. The Morgan fingerprint density at radius 1 is 0.933 bits per heavy atom. The lowest BCUT2D eigenvalue weighted by molar-refractivity contribution is -0.271. The summed E-state index contributed by atoms with van der Waals surface area (Å²) < 4.78 is 26.2. The second-order valence-corrected chi connectivity index (χ2v) is 6.79. The summed E-state index contributed by atoms with van der Waals surface area (Å²) in [6, 6.07) is -2.32. The molecule has 0 aliphatic carbocycles. The zero-order valence-corrected chi connectivity index (χ0v) is 17.9. The van der Waals surface area contributed by atoms with Crippen LogP contribution in [0.25, 0.3) is 0 Å². The lowest BCUT2D eigenvalue weighted by Gasteiger charge is -2.44. The Morgan fingerprint density at radius 2 is 1.47 bits per heavy atom. The highest BCUT2D eigenvalue weighted by molar-refractivity contribution is 7.80. The molecule has 13 heteroatoms. The van der Waals surface area contributed by atoms with Crippen molar-refractivity contribution >= 4 is 42.4 Å². The van der Waals surface area contributed by atoms with Gasteiger partial charge in [-0.25, -0.2) is 0 Å². The number of carbonyl (C=O) groups is 5. The van der Waals surface area contributed by atoms with Gasteiger partial charge in [0.1, 0.15) is 18.8 Å². The minimum Gasteiger partial charge on any atom is -0.463 e. The number of thiol groups is 1. The van der Waals surface area contributed by atoms with Gasteiger partial charge in [0.25, 0.3) is 0 Å². The van der Waals surface area contributed by atoms with Gasteiger partial charge in [0, 0.05) is 33.4 Å². The fourth-order valence-corrected chi connectivity index (χ4v) is 2.84. The minimum absolute atomic E-state index is 0.00166. The maximum absolute atomic E-state index is 12.3. The number of ether oxygens (including phenoxy) is 5. The first-order chi connectivity index (χ1) is 14.0. The van der Waals surface area contributed by atoms with Crippen LogP contribution in [-0.4, -0.2) is 78.8 Å². The zero-order chi connectivity index (χ0) is 23.0. The minimum atomic E-state index is -1.46. The Hall–Kier alpha value is -2.38. The summed E-state index contributed by atoms with van der Waals surface area (Å²) in [6.45, 7) is 4.05. The Morgan fingerprint density at radius 3 is 1.93 bits per heavy atom. The molecule has 0 aromatic carbocycles. The summed E-state index contributed by atoms with van der Waals surface area (Å²) in [5.41, 5.74) is 5.66. The third-order valence-corrected chi connectivity index (χ3v) is 4.22. The highest BCUT2D eigenvalue weighted by Gasteiger charge is 2.52. The van der Waals surface area contributed by atoms with Gasteiger partial charge in [0.15, 0.2) is 12.2 Å². The molecule has 30 heavy (non-hydrogen) atoms. The highest BCUT2D eigenvalue weighted by Crippen LogP contribution is 2.28. The first-order valence-electron chi connectivity index (χ1n) is 8.93. The molecule has 1 aliphatic heterocycles. The predicted octanol–water partition coefficient (Wildman–Crippen LogP) is -1.56. The smallest absolute Gasteiger partial charge is 0.305 e. The fraction of sp³-hybridized carbons (Fsp3) is 0.706. The van der Waals surface area contributed by atoms with Gasteiger partial charge in [0.05, 0.1) is 6.04 Å². The molecule has 0 saturated carbocycles. The Balaban J connectivity index is 3.35. The molecule has 1 aliphatic rings. The number of esters is 4. The monoisotopic (exact) mass is 450 g/mol. The van der Waals surface area contributed by atoms with Crippen LogP contribution >= 0.6 is 12.6 Å². The Kier molecular flexibility index (Phi) is 10.0. The molecule has 1 amide bonds. The number of rotatable bonds is 8. The number of carbonyl (C=O) groups excluding carboxylic acids is 5. The van der Waals surface area contributed by atoms with E-state index in [1.807, 2.05) is 0 Å². The average Bonchev–Trinajstić information content (AvgIpc) is 2.62. The summed E-state index contributed by atoms with van der Waals surface area (Å²) in [6.07, 6.45) is -5.27. The molecule has 0 aromatic heterocycles. The van der Waals surface area contributed by atoms with Crippen LogP contribution in [0.3, 0.4) is 0 Å². The van der Waals surface area contributed by atoms with Crippen LogP contribution in [0.15, 0.2) is 0 Å². The standard InChI is InChI=1S/C17H26N2O10S/c1-7(20)25-5-12-14(26-8(2)21)15(27-9(3)22)13(17(29-12)28-10(4)23)19-16(24)11(18)6-30/h11-15,17,30H,5-6,18H2,1-4H3,(H,19,24)/t11-,12-,13+,14-,15-,17-/m1/s1. The SMILES string of the molecule is CC(=O)OC[C@H]1O[C@@H](OC(C)=O)[C@@H](NC(=O)[C@H](N)CS)[C@@H](OC(C)=O)[C@@H]1OC(C)=O. The molecule has 0 bridgehead atoms. The molecule has 0 aromatic rings. The first kappa shape index (κ1) is 25.7. The Bertz CT molecular complexity index is 673. The van der Waals surface area contributed by atoms with E-state index in [9.17, 15) is 24.0 Å². The van der Waals surface area contributed by atoms with Crippen molar-refractivity contribution in [2.24, 2.45) is 5.73 Å². The molecular weight excluding hydrogens is 424 g/mol. The predicted molar refractivity (Wildman–Crippen MR) is 102 cm³/mol. The molecular formula is C17H26N2O10S. The van der Waals surface area contributed by atoms with Gasteiger partial charge in [-0.3, -0.25) is 24.0 Å². The van der Waals surface area contributed by atoms with Gasteiger partial charge in [-0.2, -0.15) is 12.6 Å². The summed E-state index contributed by atoms with van der Waals surface area (Å²) >= 11 is 3.95. The van der Waals surface area contributed by atoms with E-state index in [1.54, 1.807) is 0 Å². The van der Waals surface area contributed by atoms with E-state index in [1.165, 1.54) is 0 Å². The molecule has 1 heterocycles. The molecule has 12 nitrogen and oxygen atoms in total. The van der Waals surface area contributed by atoms with Crippen LogP contribution in [0.1, 0.15) is 27.7 Å². The van der Waals surface area contributed by atoms with Crippen LogP contribution in [0, 0.1) is 0 Å². The highest BCUT2D eigenvalue weighted by atomic mass is 32.1. The Labute approximate surface area is 178 Å². The van der Waals surface area contributed by atoms with Gasteiger partial charge < -0.3 is 34.7 Å². The number of hydrogen-bond acceptors (Lipinski definition) is 12. The summed E-state index contributed by atoms with van der Waals surface area (Å²) in [7, 11) is 0. The van der Waals surface area contributed by atoms with Crippen LogP contribution < -0.4 is 11.1 Å². The van der Waals surface area contributed by atoms with Crippen LogP contribution in [-0.2, 0) is 47.7 Å². The largest absolute Gasteiger partial charge is 0.463 e. The molecule has 170 valence electrons. The molecule has 1 rings (SSSR count). The average molecular weight is 450 g/mol. The maximum atomic E-state index is 12.3. The van der Waals surface area contributed by atoms with Crippen LogP contribution in [0.5, 0.6) is 0 Å². The van der Waals surface area contributed by atoms with E-state index in [0.717, 1.165) is 27.7 Å². The third-order valence-electron chi connectivity index (χ3n) is 3.83. The van der Waals surface area contributed by atoms with Crippen LogP contribution in [0.2, 0.25) is 0 Å². The van der Waals surface area contributed by atoms with Crippen molar-refractivity contribution in [3.8, 4) is 0 Å². The summed E-state index contributed by atoms with van der Waals surface area (Å²) in [5.74, 6) is -3.65. The third kappa shape index (κ3) is 7.80. The topological polar surface area (TPSA) is 170 Å². The van der Waals surface area contributed by atoms with Gasteiger partial charge in [-0.15, -0.1) is 0 Å². The number of nitrogens with one attached hydrogen (secondary N) is 1. The van der Waals surface area contributed by atoms with Gasteiger partial charge in [-0.05, 0) is 0 Å². The maximum Gasteiger partial charge on any atom is 0.305 e. The van der Waals surface area contributed by atoms with Crippen LogP contribution in [0.4, 0.5) is 0 Å². The van der Waals surface area contributed by atoms with E-state index >= 15 is 0 Å². The normalized spacial score (nSPS) is 26.7. The molecule has 0 unspecified atom stereocenters. The molecule has 1 fully saturated rings. The second kappa shape index (κ2) is 11.7. The number of hydrogen-bond donors (Lipinski definition) is 3. The number of nitrogens with two attached hydrogens (primary N) is 1. The lowest BCUT2D eigenvalue weighted by atomic mass is 9.95. The van der Waals surface area contributed by atoms with Crippen molar-refractivity contribution in [1.29, 1.82) is 0 Å². The molecule has 0 spiro atoms. The van der Waals surface area contributed by atoms with E-state index < -0.39 is 73.1 Å². The van der Waals surface area contributed by atoms with Crippen molar-refractivity contribution in [3.05, 3.63) is 0 Å². The van der Waals surface area contributed by atoms with Crippen molar-refractivity contribution in [2.75, 3.05) is 12.4 Å². The van der Waals surface area contributed by atoms with E-state index in [4.69, 9.17) is 29.4 Å². The molecule has 1 saturated heterocycles. The lowest BCUT2D eigenvalue weighted by Crippen LogP contribution is -2.68. The van der Waals surface area contributed by atoms with Gasteiger partial charge >= 0.3 is 23.9 Å². The first-order valence-corrected chi connectivity index (χ1v) is 9.56. The van der Waals surface area contributed by atoms with E-state index in [0.29, 0.717) is 0 Å². The number of amides is 1. The van der Waals surface area contributed by atoms with Gasteiger partial charge in [-0.1, -0.05) is 0 Å². The van der Waals surface area contributed by atoms with Crippen molar-refractivity contribution in [2.45, 2.75) is 64.4 Å². The van der Waals surface area contributed by atoms with Crippen molar-refractivity contribution in [1.82, 2.24) is 5.32 Å². The zero-order valence-electron chi connectivity index (χ0n) is 17.0. The molecule has 3 N–H and O–H groups in total. The molecule has 0 radical (unpaired) electrons. The quantitative estimate of drug-likeness (QED) is 0.222.